The van der Waals surface area contributed by atoms with Crippen molar-refractivity contribution in [1.29, 1.82) is 0 Å². The summed E-state index contributed by atoms with van der Waals surface area (Å²) in [5.74, 6) is 0.0606. The van der Waals surface area contributed by atoms with E-state index in [-0.39, 0.29) is 18.4 Å². The molecule has 2 aliphatic rings. The summed E-state index contributed by atoms with van der Waals surface area (Å²) < 4.78 is 0. The van der Waals surface area contributed by atoms with Crippen molar-refractivity contribution in [2.45, 2.75) is 38.6 Å². The van der Waals surface area contributed by atoms with E-state index >= 15 is 0 Å². The van der Waals surface area contributed by atoms with Crippen LogP contribution in [0.3, 0.4) is 0 Å². The minimum Gasteiger partial charge on any atom is -0.399 e. The number of aryl methyl sites for hydroxylation is 1. The predicted molar refractivity (Wildman–Crippen MR) is 81.9 cm³/mol. The molecule has 0 unspecified atom stereocenters. The van der Waals surface area contributed by atoms with E-state index in [0.717, 1.165) is 24.1 Å². The molecule has 1 aliphatic heterocycles. The van der Waals surface area contributed by atoms with Gasteiger partial charge in [0.1, 0.15) is 6.54 Å². The summed E-state index contributed by atoms with van der Waals surface area (Å²) in [6.45, 7) is 2.84. The van der Waals surface area contributed by atoms with Crippen LogP contribution in [0.1, 0.15) is 31.7 Å². The molecule has 1 aromatic carbocycles. The van der Waals surface area contributed by atoms with Crippen LogP contribution in [-0.2, 0) is 16.0 Å². The van der Waals surface area contributed by atoms with Crippen molar-refractivity contribution in [2.75, 3.05) is 23.7 Å². The summed E-state index contributed by atoms with van der Waals surface area (Å²) in [6.07, 6.45) is 3.31. The Morgan fingerprint density at radius 2 is 2.14 bits per heavy atom. The number of rotatable bonds is 4. The number of amides is 2. The second kappa shape index (κ2) is 5.39. The number of nitrogens with zero attached hydrogens (tertiary/aromatic N) is 2. The van der Waals surface area contributed by atoms with Crippen LogP contribution in [0.2, 0.25) is 0 Å². The fourth-order valence-corrected chi connectivity index (χ4v) is 3.00. The lowest BCUT2D eigenvalue weighted by Gasteiger charge is -2.31. The van der Waals surface area contributed by atoms with E-state index in [1.807, 2.05) is 24.0 Å². The lowest BCUT2D eigenvalue weighted by molar-refractivity contribution is -0.131. The van der Waals surface area contributed by atoms with Crippen LogP contribution in [0.5, 0.6) is 0 Å². The minimum absolute atomic E-state index is 0.0208. The summed E-state index contributed by atoms with van der Waals surface area (Å²) >= 11 is 0. The molecular formula is C16H21N3O2. The van der Waals surface area contributed by atoms with Crippen molar-refractivity contribution >= 4 is 23.2 Å². The summed E-state index contributed by atoms with van der Waals surface area (Å²) in [6, 6.07) is 5.92. The molecule has 5 nitrogen and oxygen atoms in total. The van der Waals surface area contributed by atoms with Gasteiger partial charge >= 0.3 is 0 Å². The van der Waals surface area contributed by atoms with Crippen molar-refractivity contribution in [1.82, 2.24) is 4.90 Å². The van der Waals surface area contributed by atoms with E-state index in [2.05, 4.69) is 0 Å². The third-order valence-electron chi connectivity index (χ3n) is 4.25. The molecule has 1 aliphatic carbocycles. The highest BCUT2D eigenvalue weighted by Crippen LogP contribution is 2.31. The van der Waals surface area contributed by atoms with Gasteiger partial charge in [0.15, 0.2) is 0 Å². The molecule has 0 spiro atoms. The molecule has 0 bridgehead atoms. The standard InChI is InChI=1S/C16H21N3O2/c1-2-18(13-5-6-13)16(21)10-19-14-7-4-12(17)9-11(14)3-8-15(19)20/h4,7,9,13H,2-3,5-6,8,10,17H2,1H3. The molecule has 0 saturated heterocycles. The summed E-state index contributed by atoms with van der Waals surface area (Å²) in [7, 11) is 0. The van der Waals surface area contributed by atoms with Gasteiger partial charge in [-0.2, -0.15) is 0 Å². The van der Waals surface area contributed by atoms with Gasteiger partial charge in [-0.25, -0.2) is 0 Å². The third-order valence-corrected chi connectivity index (χ3v) is 4.25. The molecule has 1 aromatic rings. The third kappa shape index (κ3) is 2.73. The van der Waals surface area contributed by atoms with E-state index in [9.17, 15) is 9.59 Å². The molecule has 1 fully saturated rings. The average Bonchev–Trinajstić information content (AvgIpc) is 3.27. The second-order valence-electron chi connectivity index (χ2n) is 5.78. The number of hydrogen-bond donors (Lipinski definition) is 1. The van der Waals surface area contributed by atoms with Crippen LogP contribution < -0.4 is 10.6 Å². The molecule has 3 rings (SSSR count). The zero-order valence-electron chi connectivity index (χ0n) is 12.3. The van der Waals surface area contributed by atoms with Gasteiger partial charge in [0.25, 0.3) is 0 Å². The number of nitrogens with two attached hydrogens (primary N) is 1. The van der Waals surface area contributed by atoms with E-state index in [1.54, 1.807) is 11.0 Å². The van der Waals surface area contributed by atoms with E-state index in [4.69, 9.17) is 5.73 Å². The molecule has 112 valence electrons. The van der Waals surface area contributed by atoms with E-state index in [1.165, 1.54) is 0 Å². The molecule has 2 N–H and O–H groups in total. The molecule has 0 radical (unpaired) electrons. The molecule has 1 saturated carbocycles. The van der Waals surface area contributed by atoms with Crippen molar-refractivity contribution in [2.24, 2.45) is 0 Å². The molecule has 0 atom stereocenters. The Morgan fingerprint density at radius 1 is 1.38 bits per heavy atom. The zero-order chi connectivity index (χ0) is 15.0. The van der Waals surface area contributed by atoms with E-state index in [0.29, 0.717) is 31.1 Å². The molecule has 21 heavy (non-hydrogen) atoms. The number of fused-ring (bicyclic) bond motifs is 1. The van der Waals surface area contributed by atoms with Gasteiger partial charge in [0.05, 0.1) is 0 Å². The topological polar surface area (TPSA) is 66.6 Å². The van der Waals surface area contributed by atoms with Crippen LogP contribution in [0.4, 0.5) is 11.4 Å². The first-order chi connectivity index (χ1) is 10.1. The fourth-order valence-electron chi connectivity index (χ4n) is 3.00. The quantitative estimate of drug-likeness (QED) is 0.855. The first kappa shape index (κ1) is 13.9. The highest BCUT2D eigenvalue weighted by Gasteiger charge is 2.34. The van der Waals surface area contributed by atoms with Crippen molar-refractivity contribution < 1.29 is 9.59 Å². The van der Waals surface area contributed by atoms with E-state index < -0.39 is 0 Å². The van der Waals surface area contributed by atoms with Crippen LogP contribution in [-0.4, -0.2) is 35.8 Å². The van der Waals surface area contributed by atoms with Gasteiger partial charge in [-0.3, -0.25) is 9.59 Å². The Labute approximate surface area is 124 Å². The Hall–Kier alpha value is -2.04. The molecule has 2 amide bonds. The lowest BCUT2D eigenvalue weighted by atomic mass is 10.0. The first-order valence-electron chi connectivity index (χ1n) is 7.58. The Kier molecular flexibility index (Phi) is 3.57. The van der Waals surface area contributed by atoms with Gasteiger partial charge in [-0.05, 0) is 49.9 Å². The maximum atomic E-state index is 12.5. The number of anilines is 2. The number of nitrogen functional groups attached to an aromatic ring is 1. The summed E-state index contributed by atoms with van der Waals surface area (Å²) in [4.78, 5) is 28.2. The maximum absolute atomic E-state index is 12.5. The Morgan fingerprint density at radius 3 is 2.81 bits per heavy atom. The van der Waals surface area contributed by atoms with Crippen molar-refractivity contribution in [3.8, 4) is 0 Å². The molecule has 5 heteroatoms. The van der Waals surface area contributed by atoms with Gasteiger partial charge in [-0.1, -0.05) is 0 Å². The van der Waals surface area contributed by atoms with Crippen LogP contribution in [0.15, 0.2) is 18.2 Å². The summed E-state index contributed by atoms with van der Waals surface area (Å²) in [5, 5.41) is 0. The van der Waals surface area contributed by atoms with Gasteiger partial charge in [-0.15, -0.1) is 0 Å². The number of hydrogen-bond acceptors (Lipinski definition) is 3. The normalized spacial score (nSPS) is 17.6. The van der Waals surface area contributed by atoms with Gasteiger partial charge < -0.3 is 15.5 Å². The monoisotopic (exact) mass is 287 g/mol. The number of carbonyl (C=O) groups excluding carboxylic acids is 2. The Bertz CT molecular complexity index is 581. The van der Waals surface area contributed by atoms with Crippen LogP contribution in [0.25, 0.3) is 0 Å². The molecule has 1 heterocycles. The van der Waals surface area contributed by atoms with Crippen LogP contribution >= 0.6 is 0 Å². The van der Waals surface area contributed by atoms with Gasteiger partial charge in [0.2, 0.25) is 11.8 Å². The zero-order valence-corrected chi connectivity index (χ0v) is 12.3. The summed E-state index contributed by atoms with van der Waals surface area (Å²) in [5.41, 5.74) is 8.39. The SMILES string of the molecule is CCN(C(=O)CN1C(=O)CCc2cc(N)ccc21)C1CC1. The fraction of sp³-hybridized carbons (Fsp3) is 0.500. The second-order valence-corrected chi connectivity index (χ2v) is 5.78. The van der Waals surface area contributed by atoms with Gasteiger partial charge in [0, 0.05) is 30.4 Å². The minimum atomic E-state index is 0.0208. The molecule has 0 aromatic heterocycles. The van der Waals surface area contributed by atoms with Crippen LogP contribution in [0, 0.1) is 0 Å². The Balaban J connectivity index is 1.81. The number of likely N-dealkylation sites (N-methyl/N-ethyl adjacent to an activating group) is 1. The first-order valence-corrected chi connectivity index (χ1v) is 7.58. The predicted octanol–water partition coefficient (Wildman–Crippen LogP) is 1.56. The average molecular weight is 287 g/mol. The largest absolute Gasteiger partial charge is 0.399 e. The highest BCUT2D eigenvalue weighted by molar-refractivity contribution is 6.01. The molecular weight excluding hydrogens is 266 g/mol. The smallest absolute Gasteiger partial charge is 0.242 e. The lowest BCUT2D eigenvalue weighted by Crippen LogP contribution is -2.45. The number of carbonyl (C=O) groups is 2. The highest BCUT2D eigenvalue weighted by atomic mass is 16.2. The maximum Gasteiger partial charge on any atom is 0.242 e. The van der Waals surface area contributed by atoms with Crippen molar-refractivity contribution in [3.05, 3.63) is 23.8 Å². The van der Waals surface area contributed by atoms with Crippen molar-refractivity contribution in [3.63, 3.8) is 0 Å². The number of benzene rings is 1.